The number of nitrogens with one attached hydrogen (secondary N) is 1. The second kappa shape index (κ2) is 7.09. The molecule has 1 aromatic carbocycles. The van der Waals surface area contributed by atoms with E-state index in [1.165, 1.54) is 12.1 Å². The van der Waals surface area contributed by atoms with Crippen LogP contribution in [-0.4, -0.2) is 17.5 Å². The van der Waals surface area contributed by atoms with E-state index in [1.807, 2.05) is 6.92 Å². The summed E-state index contributed by atoms with van der Waals surface area (Å²) in [6, 6.07) is 5.82. The first-order valence-corrected chi connectivity index (χ1v) is 7.40. The summed E-state index contributed by atoms with van der Waals surface area (Å²) in [5.41, 5.74) is 5.85. The van der Waals surface area contributed by atoms with Crippen LogP contribution in [-0.2, 0) is 0 Å². The number of hydrogen-bond acceptors (Lipinski definition) is 3. The maximum atomic E-state index is 13.8. The second-order valence-corrected chi connectivity index (χ2v) is 5.28. The van der Waals surface area contributed by atoms with Gasteiger partial charge in [0, 0.05) is 11.6 Å². The quantitative estimate of drug-likeness (QED) is 0.803. The van der Waals surface area contributed by atoms with E-state index in [9.17, 15) is 14.0 Å². The Balaban J connectivity index is 2.48. The van der Waals surface area contributed by atoms with Crippen molar-refractivity contribution in [2.24, 2.45) is 5.73 Å². The maximum Gasteiger partial charge on any atom is 0.261 e. The van der Waals surface area contributed by atoms with E-state index in [0.717, 1.165) is 12.8 Å². The first-order chi connectivity index (χ1) is 10.9. The predicted octanol–water partition coefficient (Wildman–Crippen LogP) is 2.77. The highest BCUT2D eigenvalue weighted by Crippen LogP contribution is 2.31. The molecule has 1 amide bonds. The lowest BCUT2D eigenvalue weighted by molar-refractivity contribution is 0.0999. The van der Waals surface area contributed by atoms with Gasteiger partial charge in [0.25, 0.3) is 11.5 Å². The minimum absolute atomic E-state index is 0.124. The van der Waals surface area contributed by atoms with Gasteiger partial charge in [-0.15, -0.1) is 0 Å². The molecule has 0 unspecified atom stereocenters. The van der Waals surface area contributed by atoms with E-state index < -0.39 is 11.5 Å². The number of benzene rings is 1. The molecule has 5 nitrogen and oxygen atoms in total. The standard InChI is InChI=1S/C17H19FN2O3/c1-3-4-7-23-15-9-13(18)10(2)8-12(15)14-6-5-11(16(19)21)17(22)20-14/h5-6,8-9H,3-4,7H2,1-2H3,(H2,19,21)(H,20,22). The molecule has 3 N–H and O–H groups in total. The van der Waals surface area contributed by atoms with E-state index in [4.69, 9.17) is 10.5 Å². The van der Waals surface area contributed by atoms with Crippen LogP contribution in [0.15, 0.2) is 29.1 Å². The SMILES string of the molecule is CCCCOc1cc(F)c(C)cc1-c1ccc(C(N)=O)c(=O)[nH]1. The fraction of sp³-hybridized carbons (Fsp3) is 0.294. The lowest BCUT2D eigenvalue weighted by atomic mass is 10.1. The van der Waals surface area contributed by atoms with Crippen molar-refractivity contribution in [2.45, 2.75) is 26.7 Å². The molecule has 0 fully saturated rings. The van der Waals surface area contributed by atoms with Gasteiger partial charge in [0.15, 0.2) is 0 Å². The fourth-order valence-electron chi connectivity index (χ4n) is 2.14. The Bertz CT molecular complexity index is 784. The highest BCUT2D eigenvalue weighted by atomic mass is 19.1. The number of pyridine rings is 1. The predicted molar refractivity (Wildman–Crippen MR) is 86.1 cm³/mol. The van der Waals surface area contributed by atoms with Gasteiger partial charge < -0.3 is 15.5 Å². The van der Waals surface area contributed by atoms with Gasteiger partial charge in [-0.25, -0.2) is 4.39 Å². The molecule has 122 valence electrons. The number of carbonyl (C=O) groups is 1. The zero-order valence-corrected chi connectivity index (χ0v) is 13.1. The molecule has 0 aliphatic rings. The summed E-state index contributed by atoms with van der Waals surface area (Å²) in [6.45, 7) is 4.11. The molecular weight excluding hydrogens is 299 g/mol. The Morgan fingerprint density at radius 1 is 1.35 bits per heavy atom. The summed E-state index contributed by atoms with van der Waals surface area (Å²) in [7, 11) is 0. The number of aromatic amines is 1. The minimum atomic E-state index is -0.799. The summed E-state index contributed by atoms with van der Waals surface area (Å²) in [5.74, 6) is -0.826. The third-order valence-corrected chi connectivity index (χ3v) is 3.48. The number of hydrogen-bond donors (Lipinski definition) is 2. The van der Waals surface area contributed by atoms with Gasteiger partial charge in [-0.2, -0.15) is 0 Å². The van der Waals surface area contributed by atoms with E-state index in [1.54, 1.807) is 19.1 Å². The molecule has 0 saturated heterocycles. The summed E-state index contributed by atoms with van der Waals surface area (Å²) in [6.07, 6.45) is 1.79. The van der Waals surface area contributed by atoms with E-state index in [0.29, 0.717) is 29.2 Å². The van der Waals surface area contributed by atoms with Crippen LogP contribution in [0.3, 0.4) is 0 Å². The van der Waals surface area contributed by atoms with Crippen LogP contribution in [0.1, 0.15) is 35.7 Å². The molecule has 1 heterocycles. The van der Waals surface area contributed by atoms with Crippen LogP contribution in [0, 0.1) is 12.7 Å². The molecule has 6 heteroatoms. The number of ether oxygens (including phenoxy) is 1. The van der Waals surface area contributed by atoms with Crippen molar-refractivity contribution in [3.63, 3.8) is 0 Å². The number of amides is 1. The van der Waals surface area contributed by atoms with Crippen LogP contribution in [0.4, 0.5) is 4.39 Å². The molecule has 0 bridgehead atoms. The summed E-state index contributed by atoms with van der Waals surface area (Å²) in [5, 5.41) is 0. The number of carbonyl (C=O) groups excluding carboxylic acids is 1. The average molecular weight is 318 g/mol. The molecule has 2 rings (SSSR count). The highest BCUT2D eigenvalue weighted by Gasteiger charge is 2.14. The molecule has 0 atom stereocenters. The maximum absolute atomic E-state index is 13.8. The second-order valence-electron chi connectivity index (χ2n) is 5.28. The van der Waals surface area contributed by atoms with E-state index in [-0.39, 0.29) is 11.4 Å². The molecule has 23 heavy (non-hydrogen) atoms. The first kappa shape index (κ1) is 16.7. The molecule has 0 radical (unpaired) electrons. The summed E-state index contributed by atoms with van der Waals surface area (Å²) < 4.78 is 19.5. The Kier molecular flexibility index (Phi) is 5.16. The van der Waals surface area contributed by atoms with Gasteiger partial charge >= 0.3 is 0 Å². The van der Waals surface area contributed by atoms with Crippen molar-refractivity contribution in [1.29, 1.82) is 0 Å². The van der Waals surface area contributed by atoms with Crippen molar-refractivity contribution in [3.8, 4) is 17.0 Å². The van der Waals surface area contributed by atoms with Crippen LogP contribution in [0.5, 0.6) is 5.75 Å². The number of halogens is 1. The van der Waals surface area contributed by atoms with Crippen molar-refractivity contribution < 1.29 is 13.9 Å². The first-order valence-electron chi connectivity index (χ1n) is 7.40. The number of aryl methyl sites for hydroxylation is 1. The monoisotopic (exact) mass is 318 g/mol. The van der Waals surface area contributed by atoms with Crippen molar-refractivity contribution in [3.05, 3.63) is 51.6 Å². The van der Waals surface area contributed by atoms with Gasteiger partial charge in [0.1, 0.15) is 17.1 Å². The lowest BCUT2D eigenvalue weighted by Gasteiger charge is -2.13. The molecule has 0 saturated carbocycles. The van der Waals surface area contributed by atoms with Crippen molar-refractivity contribution >= 4 is 5.91 Å². The van der Waals surface area contributed by atoms with Crippen molar-refractivity contribution in [2.75, 3.05) is 6.61 Å². The van der Waals surface area contributed by atoms with Crippen LogP contribution in [0.2, 0.25) is 0 Å². The highest BCUT2D eigenvalue weighted by molar-refractivity contribution is 5.92. The zero-order valence-electron chi connectivity index (χ0n) is 13.1. The van der Waals surface area contributed by atoms with Gasteiger partial charge in [0.2, 0.25) is 0 Å². The largest absolute Gasteiger partial charge is 0.493 e. The van der Waals surface area contributed by atoms with Crippen LogP contribution in [0.25, 0.3) is 11.3 Å². The molecule has 0 aliphatic carbocycles. The Hall–Kier alpha value is -2.63. The molecule has 1 aromatic heterocycles. The van der Waals surface area contributed by atoms with E-state index in [2.05, 4.69) is 4.98 Å². The van der Waals surface area contributed by atoms with Crippen molar-refractivity contribution in [1.82, 2.24) is 4.98 Å². The normalized spacial score (nSPS) is 10.6. The fourth-order valence-corrected chi connectivity index (χ4v) is 2.14. The van der Waals surface area contributed by atoms with Gasteiger partial charge in [-0.1, -0.05) is 13.3 Å². The number of primary amides is 1. The third kappa shape index (κ3) is 3.77. The molecular formula is C17H19FN2O3. The zero-order chi connectivity index (χ0) is 17.0. The van der Waals surface area contributed by atoms with E-state index >= 15 is 0 Å². The van der Waals surface area contributed by atoms with Crippen LogP contribution < -0.4 is 16.0 Å². The van der Waals surface area contributed by atoms with Gasteiger partial charge in [-0.05, 0) is 37.1 Å². The number of H-pyrrole nitrogens is 1. The van der Waals surface area contributed by atoms with Crippen LogP contribution >= 0.6 is 0 Å². The Morgan fingerprint density at radius 3 is 2.70 bits per heavy atom. The smallest absolute Gasteiger partial charge is 0.261 e. The number of aromatic nitrogens is 1. The Labute approximate surface area is 133 Å². The lowest BCUT2D eigenvalue weighted by Crippen LogP contribution is -2.23. The number of rotatable bonds is 6. The minimum Gasteiger partial charge on any atom is -0.493 e. The topological polar surface area (TPSA) is 85.2 Å². The Morgan fingerprint density at radius 2 is 2.09 bits per heavy atom. The molecule has 2 aromatic rings. The summed E-state index contributed by atoms with van der Waals surface area (Å²) in [4.78, 5) is 25.6. The van der Waals surface area contributed by atoms with Gasteiger partial charge in [0.05, 0.1) is 12.3 Å². The number of nitrogens with two attached hydrogens (primary N) is 1. The third-order valence-electron chi connectivity index (χ3n) is 3.48. The summed E-state index contributed by atoms with van der Waals surface area (Å²) >= 11 is 0. The number of unbranched alkanes of at least 4 members (excludes halogenated alkanes) is 1. The average Bonchev–Trinajstić information content (AvgIpc) is 2.50. The van der Waals surface area contributed by atoms with Gasteiger partial charge in [-0.3, -0.25) is 9.59 Å². The molecule has 0 spiro atoms. The molecule has 0 aliphatic heterocycles.